The third kappa shape index (κ3) is 3.54. The van der Waals surface area contributed by atoms with Crippen molar-refractivity contribution in [3.63, 3.8) is 0 Å². The zero-order valence-corrected chi connectivity index (χ0v) is 13.0. The molecule has 0 fully saturated rings. The number of fused-ring (bicyclic) bond motifs is 1. The predicted octanol–water partition coefficient (Wildman–Crippen LogP) is 5.27. The van der Waals surface area contributed by atoms with Crippen molar-refractivity contribution >= 4 is 34.2 Å². The minimum absolute atomic E-state index is 0.115. The molecule has 3 rings (SSSR count). The predicted molar refractivity (Wildman–Crippen MR) is 82.6 cm³/mol. The Balaban J connectivity index is 1.93. The van der Waals surface area contributed by atoms with Crippen molar-refractivity contribution in [3.05, 3.63) is 52.8 Å². The van der Waals surface area contributed by atoms with Gasteiger partial charge in [0.25, 0.3) is 0 Å². The molecule has 120 valence electrons. The summed E-state index contributed by atoms with van der Waals surface area (Å²) < 4.78 is 42.8. The van der Waals surface area contributed by atoms with Gasteiger partial charge in [-0.25, -0.2) is 4.98 Å². The highest BCUT2D eigenvalue weighted by Crippen LogP contribution is 2.28. The maximum Gasteiger partial charge on any atom is 0.422 e. The van der Waals surface area contributed by atoms with Crippen LogP contribution in [0.2, 0.25) is 10.3 Å². The number of aromatic nitrogens is 2. The van der Waals surface area contributed by atoms with Crippen LogP contribution in [0.1, 0.15) is 0 Å². The number of imidazole rings is 1. The van der Waals surface area contributed by atoms with Gasteiger partial charge in [-0.05, 0) is 54.1 Å². The molecule has 0 aliphatic rings. The molecule has 1 heterocycles. The van der Waals surface area contributed by atoms with Gasteiger partial charge in [-0.15, -0.1) is 0 Å². The van der Waals surface area contributed by atoms with E-state index in [4.69, 9.17) is 23.2 Å². The number of ether oxygens (including phenoxy) is 1. The first kappa shape index (κ1) is 16.0. The van der Waals surface area contributed by atoms with Crippen molar-refractivity contribution in [2.45, 2.75) is 6.18 Å². The maximum atomic E-state index is 12.1. The van der Waals surface area contributed by atoms with Crippen LogP contribution in [-0.2, 0) is 0 Å². The quantitative estimate of drug-likeness (QED) is 0.635. The van der Waals surface area contributed by atoms with Crippen molar-refractivity contribution < 1.29 is 17.9 Å². The van der Waals surface area contributed by atoms with Gasteiger partial charge in [0.05, 0.1) is 11.0 Å². The van der Waals surface area contributed by atoms with Gasteiger partial charge in [0.2, 0.25) is 5.28 Å². The number of rotatable bonds is 3. The first-order valence-corrected chi connectivity index (χ1v) is 7.22. The Bertz CT molecular complexity index is 844. The fourth-order valence-electron chi connectivity index (χ4n) is 2.12. The Kier molecular flexibility index (Phi) is 4.12. The van der Waals surface area contributed by atoms with Gasteiger partial charge >= 0.3 is 6.18 Å². The third-order valence-electron chi connectivity index (χ3n) is 3.07. The molecule has 3 aromatic rings. The van der Waals surface area contributed by atoms with Crippen molar-refractivity contribution in [3.8, 4) is 11.4 Å². The van der Waals surface area contributed by atoms with Crippen LogP contribution < -0.4 is 4.74 Å². The molecule has 1 aromatic heterocycles. The molecule has 23 heavy (non-hydrogen) atoms. The van der Waals surface area contributed by atoms with Crippen molar-refractivity contribution in [1.82, 2.24) is 9.55 Å². The van der Waals surface area contributed by atoms with E-state index in [0.717, 1.165) is 0 Å². The molecule has 0 saturated carbocycles. The minimum atomic E-state index is -4.38. The van der Waals surface area contributed by atoms with Gasteiger partial charge in [0.15, 0.2) is 6.61 Å². The summed E-state index contributed by atoms with van der Waals surface area (Å²) in [6.07, 6.45) is -4.38. The zero-order valence-electron chi connectivity index (χ0n) is 11.4. The van der Waals surface area contributed by atoms with E-state index in [-0.39, 0.29) is 11.0 Å². The number of halogens is 5. The zero-order chi connectivity index (χ0) is 16.6. The fraction of sp³-hybridized carbons (Fsp3) is 0.133. The van der Waals surface area contributed by atoms with E-state index >= 15 is 0 Å². The second-order valence-corrected chi connectivity index (χ2v) is 5.52. The lowest BCUT2D eigenvalue weighted by Gasteiger charge is -2.10. The average Bonchev–Trinajstić information content (AvgIpc) is 2.80. The Morgan fingerprint density at radius 2 is 1.74 bits per heavy atom. The molecular formula is C15H9Cl2F3N2O. The van der Waals surface area contributed by atoms with Gasteiger partial charge in [0, 0.05) is 10.7 Å². The Morgan fingerprint density at radius 1 is 1.04 bits per heavy atom. The molecule has 0 atom stereocenters. The lowest BCUT2D eigenvalue weighted by molar-refractivity contribution is -0.153. The molecular weight excluding hydrogens is 352 g/mol. The number of alkyl halides is 3. The summed E-state index contributed by atoms with van der Waals surface area (Å²) in [7, 11) is 0. The van der Waals surface area contributed by atoms with E-state index in [1.165, 1.54) is 12.1 Å². The molecule has 3 nitrogen and oxygen atoms in total. The number of hydrogen-bond acceptors (Lipinski definition) is 2. The van der Waals surface area contributed by atoms with Gasteiger partial charge in [0.1, 0.15) is 5.75 Å². The molecule has 0 N–H and O–H groups in total. The van der Waals surface area contributed by atoms with Gasteiger partial charge in [-0.3, -0.25) is 4.57 Å². The Hall–Kier alpha value is -1.92. The van der Waals surface area contributed by atoms with Crippen LogP contribution in [0.15, 0.2) is 42.5 Å². The number of benzene rings is 2. The lowest BCUT2D eigenvalue weighted by Crippen LogP contribution is -2.19. The highest BCUT2D eigenvalue weighted by atomic mass is 35.5. The van der Waals surface area contributed by atoms with Crippen LogP contribution in [-0.4, -0.2) is 22.3 Å². The number of hydrogen-bond donors (Lipinski definition) is 0. The average molecular weight is 361 g/mol. The number of nitrogens with zero attached hydrogens (tertiary/aromatic N) is 2. The van der Waals surface area contributed by atoms with Gasteiger partial charge < -0.3 is 4.74 Å². The molecule has 8 heteroatoms. The van der Waals surface area contributed by atoms with Crippen molar-refractivity contribution in [2.24, 2.45) is 0 Å². The summed E-state index contributed by atoms with van der Waals surface area (Å²) in [5.74, 6) is 0.115. The highest BCUT2D eigenvalue weighted by Gasteiger charge is 2.28. The molecule has 0 bridgehead atoms. The second kappa shape index (κ2) is 5.94. The van der Waals surface area contributed by atoms with E-state index in [1.54, 1.807) is 34.9 Å². The normalized spacial score (nSPS) is 11.9. The third-order valence-corrected chi connectivity index (χ3v) is 3.56. The van der Waals surface area contributed by atoms with Crippen LogP contribution >= 0.6 is 23.2 Å². The molecule has 0 aliphatic carbocycles. The highest BCUT2D eigenvalue weighted by molar-refractivity contribution is 6.32. The molecule has 0 spiro atoms. The van der Waals surface area contributed by atoms with E-state index in [2.05, 4.69) is 9.72 Å². The first-order valence-electron chi connectivity index (χ1n) is 6.47. The molecule has 0 unspecified atom stereocenters. The van der Waals surface area contributed by atoms with Crippen LogP contribution in [0.3, 0.4) is 0 Å². The smallest absolute Gasteiger partial charge is 0.422 e. The van der Waals surface area contributed by atoms with Crippen molar-refractivity contribution in [2.75, 3.05) is 6.61 Å². The van der Waals surface area contributed by atoms with Gasteiger partial charge in [-0.2, -0.15) is 13.2 Å². The summed E-state index contributed by atoms with van der Waals surface area (Å²) in [6, 6.07) is 11.2. The summed E-state index contributed by atoms with van der Waals surface area (Å²) >= 11 is 12.1. The molecule has 0 radical (unpaired) electrons. The summed E-state index contributed by atoms with van der Waals surface area (Å²) in [4.78, 5) is 4.21. The standard InChI is InChI=1S/C15H9Cl2F3N2O/c16-9-1-6-12-13(7-9)22(14(17)21-12)10-2-4-11(5-3-10)23-8-15(18,19)20/h1-7H,8H2. The maximum absolute atomic E-state index is 12.1. The van der Waals surface area contributed by atoms with E-state index < -0.39 is 12.8 Å². The monoisotopic (exact) mass is 360 g/mol. The second-order valence-electron chi connectivity index (χ2n) is 4.75. The Morgan fingerprint density at radius 3 is 2.39 bits per heavy atom. The topological polar surface area (TPSA) is 27.1 Å². The summed E-state index contributed by atoms with van der Waals surface area (Å²) in [5, 5.41) is 0.756. The SMILES string of the molecule is FC(F)(F)COc1ccc(-n2c(Cl)nc3ccc(Cl)cc32)cc1. The Labute approximate surface area is 139 Å². The van der Waals surface area contributed by atoms with Crippen LogP contribution in [0.5, 0.6) is 5.75 Å². The molecule has 0 aliphatic heterocycles. The largest absolute Gasteiger partial charge is 0.484 e. The van der Waals surface area contributed by atoms with E-state index in [0.29, 0.717) is 21.7 Å². The molecule has 0 amide bonds. The first-order chi connectivity index (χ1) is 10.8. The fourth-order valence-corrected chi connectivity index (χ4v) is 2.57. The minimum Gasteiger partial charge on any atom is -0.484 e. The van der Waals surface area contributed by atoms with E-state index in [9.17, 15) is 13.2 Å². The van der Waals surface area contributed by atoms with Crippen molar-refractivity contribution in [1.29, 1.82) is 0 Å². The van der Waals surface area contributed by atoms with Crippen LogP contribution in [0.4, 0.5) is 13.2 Å². The molecule has 0 saturated heterocycles. The van der Waals surface area contributed by atoms with E-state index in [1.807, 2.05) is 0 Å². The summed E-state index contributed by atoms with van der Waals surface area (Å²) in [5.41, 5.74) is 2.00. The van der Waals surface area contributed by atoms with Crippen LogP contribution in [0, 0.1) is 0 Å². The summed E-state index contributed by atoms with van der Waals surface area (Å²) in [6.45, 7) is -1.34. The van der Waals surface area contributed by atoms with Gasteiger partial charge in [-0.1, -0.05) is 11.6 Å². The lowest BCUT2D eigenvalue weighted by atomic mass is 10.2. The molecule has 2 aromatic carbocycles. The van der Waals surface area contributed by atoms with Crippen LogP contribution in [0.25, 0.3) is 16.7 Å².